The molecule has 2 atom stereocenters. The summed E-state index contributed by atoms with van der Waals surface area (Å²) in [6.07, 6.45) is 1.38. The van der Waals surface area contributed by atoms with Gasteiger partial charge in [-0.25, -0.2) is 0 Å². The van der Waals surface area contributed by atoms with Crippen molar-refractivity contribution in [3.8, 4) is 5.75 Å². The Kier molecular flexibility index (Phi) is 5.07. The molecule has 25 heavy (non-hydrogen) atoms. The summed E-state index contributed by atoms with van der Waals surface area (Å²) in [5.74, 6) is 0.890. The molecule has 2 aromatic rings. The second-order valence-electron chi connectivity index (χ2n) is 6.57. The molecule has 1 aromatic heterocycles. The average Bonchev–Trinajstić information content (AvgIpc) is 3.23. The maximum Gasteiger partial charge on any atom is 0.220 e. The molecule has 0 bridgehead atoms. The van der Waals surface area contributed by atoms with Gasteiger partial charge in [-0.1, -0.05) is 19.0 Å². The van der Waals surface area contributed by atoms with Crippen LogP contribution >= 0.6 is 0 Å². The normalized spacial score (nSPS) is 19.6. The summed E-state index contributed by atoms with van der Waals surface area (Å²) in [5, 5.41) is 16.6. The lowest BCUT2D eigenvalue weighted by molar-refractivity contribution is -0.122. The third-order valence-electron chi connectivity index (χ3n) is 4.08. The van der Waals surface area contributed by atoms with Gasteiger partial charge >= 0.3 is 0 Å². The van der Waals surface area contributed by atoms with E-state index in [1.54, 1.807) is 36.6 Å². The van der Waals surface area contributed by atoms with Crippen molar-refractivity contribution < 1.29 is 19.2 Å². The van der Waals surface area contributed by atoms with Crippen LogP contribution in [0.3, 0.4) is 0 Å². The summed E-state index contributed by atoms with van der Waals surface area (Å²) in [6, 6.07) is 10.3. The Morgan fingerprint density at radius 3 is 2.68 bits per heavy atom. The number of nitrogens with one attached hydrogen (secondary N) is 1. The van der Waals surface area contributed by atoms with Crippen LogP contribution in [0.1, 0.15) is 37.7 Å². The summed E-state index contributed by atoms with van der Waals surface area (Å²) in [5.41, 5.74) is 1.50. The second kappa shape index (κ2) is 7.42. The Hall–Kier alpha value is -2.76. The lowest BCUT2D eigenvalue weighted by Gasteiger charge is -2.17. The summed E-state index contributed by atoms with van der Waals surface area (Å²) in [4.78, 5) is 17.9. The summed E-state index contributed by atoms with van der Waals surface area (Å²) in [6.45, 7) is 4.73. The highest BCUT2D eigenvalue weighted by molar-refractivity contribution is 6.04. The monoisotopic (exact) mass is 342 g/mol. The average molecular weight is 342 g/mol. The molecule has 132 valence electrons. The molecule has 1 aliphatic heterocycles. The van der Waals surface area contributed by atoms with E-state index in [2.05, 4.69) is 10.5 Å². The largest absolute Gasteiger partial charge is 0.508 e. The fourth-order valence-corrected chi connectivity index (χ4v) is 2.79. The van der Waals surface area contributed by atoms with Gasteiger partial charge in [0.2, 0.25) is 5.91 Å². The molecular formula is C19H22N2O4. The number of benzene rings is 1. The Morgan fingerprint density at radius 2 is 2.04 bits per heavy atom. The van der Waals surface area contributed by atoms with Gasteiger partial charge in [0.15, 0.2) is 6.10 Å². The number of hydrogen-bond donors (Lipinski definition) is 2. The molecule has 1 aliphatic rings. The van der Waals surface area contributed by atoms with Crippen molar-refractivity contribution in [1.29, 1.82) is 0 Å². The minimum absolute atomic E-state index is 0.0489. The SMILES string of the molecule is CC(C)CNC(=O)C[C@H]1C(c2ccc(O)cc2)=NOC1c1ccco1. The van der Waals surface area contributed by atoms with Crippen molar-refractivity contribution in [2.45, 2.75) is 26.4 Å². The predicted molar refractivity (Wildman–Crippen MR) is 93.1 cm³/mol. The van der Waals surface area contributed by atoms with Crippen molar-refractivity contribution in [2.75, 3.05) is 6.54 Å². The van der Waals surface area contributed by atoms with E-state index in [1.807, 2.05) is 19.9 Å². The summed E-state index contributed by atoms with van der Waals surface area (Å²) < 4.78 is 5.46. The first-order chi connectivity index (χ1) is 12.0. The number of furan rings is 1. The van der Waals surface area contributed by atoms with Crippen LogP contribution in [-0.4, -0.2) is 23.3 Å². The van der Waals surface area contributed by atoms with Gasteiger partial charge in [0.25, 0.3) is 0 Å². The van der Waals surface area contributed by atoms with Gasteiger partial charge in [-0.05, 0) is 42.3 Å². The highest BCUT2D eigenvalue weighted by Gasteiger charge is 2.39. The number of rotatable bonds is 6. The number of hydrogen-bond acceptors (Lipinski definition) is 5. The van der Waals surface area contributed by atoms with E-state index < -0.39 is 6.10 Å². The van der Waals surface area contributed by atoms with Crippen LogP contribution in [0.25, 0.3) is 0 Å². The standard InChI is InChI=1S/C19H22N2O4/c1-12(2)11-20-17(23)10-15-18(13-5-7-14(22)8-6-13)21-25-19(15)16-4-3-9-24-16/h3-9,12,15,19,22H,10-11H2,1-2H3,(H,20,23)/t15-,19?/m0/s1. The van der Waals surface area contributed by atoms with Crippen LogP contribution in [0.15, 0.2) is 52.2 Å². The van der Waals surface area contributed by atoms with Crippen molar-refractivity contribution >= 4 is 11.6 Å². The van der Waals surface area contributed by atoms with Gasteiger partial charge in [-0.2, -0.15) is 0 Å². The van der Waals surface area contributed by atoms with E-state index in [0.717, 1.165) is 5.56 Å². The zero-order chi connectivity index (χ0) is 17.8. The van der Waals surface area contributed by atoms with Gasteiger partial charge in [0.1, 0.15) is 11.5 Å². The Bertz CT molecular complexity index is 735. The number of oxime groups is 1. The lowest BCUT2D eigenvalue weighted by atomic mass is 9.88. The smallest absolute Gasteiger partial charge is 0.220 e. The molecule has 0 radical (unpaired) electrons. The highest BCUT2D eigenvalue weighted by Crippen LogP contribution is 2.37. The quantitative estimate of drug-likeness (QED) is 0.844. The fraction of sp³-hybridized carbons (Fsp3) is 0.368. The van der Waals surface area contributed by atoms with Crippen molar-refractivity contribution in [3.05, 3.63) is 54.0 Å². The Labute approximate surface area is 146 Å². The summed E-state index contributed by atoms with van der Waals surface area (Å²) in [7, 11) is 0. The molecule has 0 saturated heterocycles. The van der Waals surface area contributed by atoms with Crippen LogP contribution in [0, 0.1) is 11.8 Å². The van der Waals surface area contributed by atoms with Gasteiger partial charge < -0.3 is 19.7 Å². The zero-order valence-corrected chi connectivity index (χ0v) is 14.3. The van der Waals surface area contributed by atoms with Crippen molar-refractivity contribution in [2.24, 2.45) is 17.0 Å². The molecule has 0 saturated carbocycles. The number of carbonyl (C=O) groups excluding carboxylic acids is 1. The van der Waals surface area contributed by atoms with Crippen LogP contribution in [0.5, 0.6) is 5.75 Å². The molecule has 0 fully saturated rings. The lowest BCUT2D eigenvalue weighted by Crippen LogP contribution is -2.32. The zero-order valence-electron chi connectivity index (χ0n) is 14.3. The molecule has 6 heteroatoms. The minimum Gasteiger partial charge on any atom is -0.508 e. The van der Waals surface area contributed by atoms with E-state index in [-0.39, 0.29) is 24.0 Å². The highest BCUT2D eigenvalue weighted by atomic mass is 16.6. The van der Waals surface area contributed by atoms with Crippen LogP contribution in [0.2, 0.25) is 0 Å². The molecular weight excluding hydrogens is 320 g/mol. The first kappa shape index (κ1) is 17.1. The maximum atomic E-state index is 12.4. The molecule has 1 aromatic carbocycles. The van der Waals surface area contributed by atoms with Gasteiger partial charge in [0, 0.05) is 18.5 Å². The fourth-order valence-electron chi connectivity index (χ4n) is 2.79. The van der Waals surface area contributed by atoms with Crippen LogP contribution in [-0.2, 0) is 9.63 Å². The van der Waals surface area contributed by atoms with Gasteiger partial charge in [0.05, 0.1) is 17.9 Å². The first-order valence-electron chi connectivity index (χ1n) is 8.38. The molecule has 0 aliphatic carbocycles. The van der Waals surface area contributed by atoms with E-state index in [4.69, 9.17) is 9.25 Å². The molecule has 2 heterocycles. The van der Waals surface area contributed by atoms with Crippen molar-refractivity contribution in [1.82, 2.24) is 5.32 Å². The van der Waals surface area contributed by atoms with E-state index >= 15 is 0 Å². The summed E-state index contributed by atoms with van der Waals surface area (Å²) >= 11 is 0. The maximum absolute atomic E-state index is 12.4. The van der Waals surface area contributed by atoms with E-state index in [1.165, 1.54) is 0 Å². The topological polar surface area (TPSA) is 84.1 Å². The third-order valence-corrected chi connectivity index (χ3v) is 4.08. The molecule has 2 N–H and O–H groups in total. The van der Waals surface area contributed by atoms with Gasteiger partial charge in [-0.15, -0.1) is 0 Å². The van der Waals surface area contributed by atoms with Gasteiger partial charge in [-0.3, -0.25) is 4.79 Å². The Morgan fingerprint density at radius 1 is 1.28 bits per heavy atom. The second-order valence-corrected chi connectivity index (χ2v) is 6.57. The molecule has 1 unspecified atom stereocenters. The van der Waals surface area contributed by atoms with Crippen LogP contribution in [0.4, 0.5) is 0 Å². The molecule has 1 amide bonds. The minimum atomic E-state index is -0.441. The number of carbonyl (C=O) groups is 1. The third kappa shape index (κ3) is 4.02. The van der Waals surface area contributed by atoms with Crippen LogP contribution < -0.4 is 5.32 Å². The predicted octanol–water partition coefficient (Wildman–Crippen LogP) is 3.24. The van der Waals surface area contributed by atoms with Crippen molar-refractivity contribution in [3.63, 3.8) is 0 Å². The number of phenolic OH excluding ortho intramolecular Hbond substituents is 1. The number of nitrogens with zero attached hydrogens (tertiary/aromatic N) is 1. The first-order valence-corrected chi connectivity index (χ1v) is 8.38. The van der Waals surface area contributed by atoms with E-state index in [0.29, 0.717) is 23.9 Å². The molecule has 3 rings (SSSR count). The Balaban J connectivity index is 1.81. The molecule has 0 spiro atoms. The number of amides is 1. The number of aromatic hydroxyl groups is 1. The number of phenols is 1. The molecule has 6 nitrogen and oxygen atoms in total. The van der Waals surface area contributed by atoms with E-state index in [9.17, 15) is 9.90 Å².